The number of aliphatic carboxylic acids is 2. The lowest BCUT2D eigenvalue weighted by Gasteiger charge is -1.95. The van der Waals surface area contributed by atoms with Crippen molar-refractivity contribution in [3.8, 4) is 24.7 Å². The van der Waals surface area contributed by atoms with E-state index in [4.69, 9.17) is 32.6 Å². The summed E-state index contributed by atoms with van der Waals surface area (Å²) in [6.07, 6.45) is 28.2. The third-order valence-electron chi connectivity index (χ3n) is 3.53. The highest BCUT2D eigenvalue weighted by Crippen LogP contribution is 2.06. The molecule has 0 aliphatic heterocycles. The Hall–Kier alpha value is -1.94. The van der Waals surface area contributed by atoms with Crippen LogP contribution in [-0.2, 0) is 9.59 Å². The van der Waals surface area contributed by atoms with Gasteiger partial charge < -0.3 is 10.2 Å². The maximum atomic E-state index is 9.10. The van der Waals surface area contributed by atoms with Crippen LogP contribution in [0, 0.1) is 24.7 Å². The van der Waals surface area contributed by atoms with Gasteiger partial charge in [-0.2, -0.15) is 0 Å². The molecule has 0 amide bonds. The van der Waals surface area contributed by atoms with Crippen LogP contribution >= 0.6 is 0 Å². The minimum absolute atomic E-state index is 0.964. The molecular formula is C22H38O4. The molecule has 0 saturated heterocycles. The molecule has 2 N–H and O–H groups in total. The molecule has 0 heterocycles. The molecule has 4 heteroatoms. The van der Waals surface area contributed by atoms with Crippen LogP contribution in [0.4, 0.5) is 0 Å². The minimum atomic E-state index is -1.82. The Morgan fingerprint density at radius 1 is 0.615 bits per heavy atom. The molecule has 0 aliphatic rings. The molecule has 0 aromatic rings. The minimum Gasteiger partial charge on any atom is -0.473 e. The maximum Gasteiger partial charge on any atom is 0.414 e. The summed E-state index contributed by atoms with van der Waals surface area (Å²) in [7, 11) is 0. The van der Waals surface area contributed by atoms with E-state index in [0.29, 0.717) is 0 Å². The van der Waals surface area contributed by atoms with Crippen LogP contribution in [0.15, 0.2) is 0 Å². The highest BCUT2D eigenvalue weighted by molar-refractivity contribution is 6.27. The fourth-order valence-electron chi connectivity index (χ4n) is 2.01. The predicted molar refractivity (Wildman–Crippen MR) is 109 cm³/mol. The first kappa shape index (κ1) is 28.8. The van der Waals surface area contributed by atoms with E-state index < -0.39 is 11.9 Å². The van der Waals surface area contributed by atoms with Crippen molar-refractivity contribution in [2.24, 2.45) is 0 Å². The largest absolute Gasteiger partial charge is 0.473 e. The van der Waals surface area contributed by atoms with Gasteiger partial charge in [-0.05, 0) is 12.8 Å². The van der Waals surface area contributed by atoms with Crippen LogP contribution in [0.5, 0.6) is 0 Å². The van der Waals surface area contributed by atoms with Gasteiger partial charge in [0.05, 0.1) is 0 Å². The highest BCUT2D eigenvalue weighted by atomic mass is 16.4. The molecule has 0 spiro atoms. The SMILES string of the molecule is C#CCCCCCCCC.C#CCCCCCCCC.O=C(O)C(=O)O. The molecule has 0 rings (SSSR count). The molecule has 0 radical (unpaired) electrons. The zero-order valence-electron chi connectivity index (χ0n) is 16.8. The van der Waals surface area contributed by atoms with Crippen molar-refractivity contribution in [1.82, 2.24) is 0 Å². The predicted octanol–water partition coefficient (Wildman–Crippen LogP) is 5.90. The molecule has 0 aliphatic carbocycles. The summed E-state index contributed by atoms with van der Waals surface area (Å²) >= 11 is 0. The summed E-state index contributed by atoms with van der Waals surface area (Å²) in [5, 5.41) is 14.8. The smallest absolute Gasteiger partial charge is 0.414 e. The molecule has 0 fully saturated rings. The van der Waals surface area contributed by atoms with Gasteiger partial charge in [0.2, 0.25) is 0 Å². The van der Waals surface area contributed by atoms with Crippen molar-refractivity contribution in [2.45, 2.75) is 104 Å². The van der Waals surface area contributed by atoms with Crippen molar-refractivity contribution in [3.63, 3.8) is 0 Å². The van der Waals surface area contributed by atoms with Gasteiger partial charge in [0.15, 0.2) is 0 Å². The molecule has 0 aromatic heterocycles. The average molecular weight is 367 g/mol. The number of hydrogen-bond donors (Lipinski definition) is 2. The van der Waals surface area contributed by atoms with Gasteiger partial charge in [-0.25, -0.2) is 9.59 Å². The van der Waals surface area contributed by atoms with Crippen molar-refractivity contribution in [2.75, 3.05) is 0 Å². The topological polar surface area (TPSA) is 74.6 Å². The van der Waals surface area contributed by atoms with E-state index in [1.165, 1.54) is 77.0 Å². The summed E-state index contributed by atoms with van der Waals surface area (Å²) in [5.41, 5.74) is 0. The molecule has 0 saturated carbocycles. The van der Waals surface area contributed by atoms with Gasteiger partial charge in [0.1, 0.15) is 0 Å². The van der Waals surface area contributed by atoms with Crippen LogP contribution < -0.4 is 0 Å². The van der Waals surface area contributed by atoms with Gasteiger partial charge in [0, 0.05) is 12.8 Å². The second-order valence-electron chi connectivity index (χ2n) is 6.05. The summed E-state index contributed by atoms with van der Waals surface area (Å²) in [6, 6.07) is 0. The normalized spacial score (nSPS) is 8.77. The second-order valence-corrected chi connectivity index (χ2v) is 6.05. The first-order chi connectivity index (χ1) is 12.5. The van der Waals surface area contributed by atoms with Crippen LogP contribution in [0.2, 0.25) is 0 Å². The maximum absolute atomic E-state index is 9.10. The fourth-order valence-corrected chi connectivity index (χ4v) is 2.01. The van der Waals surface area contributed by atoms with Crippen molar-refractivity contribution < 1.29 is 19.8 Å². The second kappa shape index (κ2) is 27.9. The lowest BCUT2D eigenvalue weighted by molar-refractivity contribution is -0.159. The number of terminal acetylenes is 2. The van der Waals surface area contributed by atoms with E-state index in [0.717, 1.165) is 12.8 Å². The van der Waals surface area contributed by atoms with Gasteiger partial charge in [-0.1, -0.05) is 78.1 Å². The lowest BCUT2D eigenvalue weighted by atomic mass is 10.1. The van der Waals surface area contributed by atoms with Crippen LogP contribution in [0.3, 0.4) is 0 Å². The zero-order chi connectivity index (χ0) is 20.5. The molecule has 0 atom stereocenters. The monoisotopic (exact) mass is 366 g/mol. The van der Waals surface area contributed by atoms with E-state index in [1.54, 1.807) is 0 Å². The number of carbonyl (C=O) groups is 2. The Bertz CT molecular complexity index is 350. The molecule has 0 bridgehead atoms. The lowest BCUT2D eigenvalue weighted by Crippen LogP contribution is -2.09. The van der Waals surface area contributed by atoms with Crippen molar-refractivity contribution >= 4 is 11.9 Å². The summed E-state index contributed by atoms with van der Waals surface area (Å²) < 4.78 is 0. The van der Waals surface area contributed by atoms with Gasteiger partial charge in [-0.3, -0.25) is 0 Å². The van der Waals surface area contributed by atoms with Gasteiger partial charge in [0.25, 0.3) is 0 Å². The Kier molecular flexibility index (Phi) is 30.9. The zero-order valence-corrected chi connectivity index (χ0v) is 16.8. The number of carboxylic acids is 2. The Labute approximate surface area is 160 Å². The molecule has 26 heavy (non-hydrogen) atoms. The van der Waals surface area contributed by atoms with E-state index in [-0.39, 0.29) is 0 Å². The number of hydrogen-bond acceptors (Lipinski definition) is 2. The van der Waals surface area contributed by atoms with E-state index in [1.807, 2.05) is 0 Å². The number of rotatable bonds is 12. The Morgan fingerprint density at radius 3 is 1.12 bits per heavy atom. The summed E-state index contributed by atoms with van der Waals surface area (Å²) in [4.78, 5) is 18.2. The standard InChI is InChI=1S/2C10H18.C2H2O4/c2*1-3-5-7-9-10-8-6-4-2;3-1(4)2(5)6/h2*1H,4-10H2,2H3;(H,3,4)(H,5,6). The van der Waals surface area contributed by atoms with E-state index in [9.17, 15) is 0 Å². The summed E-state index contributed by atoms with van der Waals surface area (Å²) in [6.45, 7) is 4.48. The third-order valence-corrected chi connectivity index (χ3v) is 3.53. The van der Waals surface area contributed by atoms with Crippen LogP contribution in [0.25, 0.3) is 0 Å². The average Bonchev–Trinajstić information content (AvgIpc) is 2.62. The van der Waals surface area contributed by atoms with E-state index in [2.05, 4.69) is 25.7 Å². The van der Waals surface area contributed by atoms with Crippen molar-refractivity contribution in [1.29, 1.82) is 0 Å². The third kappa shape index (κ3) is 37.9. The number of carboxylic acid groups (broad SMARTS) is 2. The van der Waals surface area contributed by atoms with Crippen molar-refractivity contribution in [3.05, 3.63) is 0 Å². The molecule has 0 unspecified atom stereocenters. The molecule has 4 nitrogen and oxygen atoms in total. The fraction of sp³-hybridized carbons (Fsp3) is 0.727. The molecule has 0 aromatic carbocycles. The van der Waals surface area contributed by atoms with Crippen LogP contribution in [-0.4, -0.2) is 22.2 Å². The van der Waals surface area contributed by atoms with E-state index >= 15 is 0 Å². The Balaban J connectivity index is -0.000000316. The first-order valence-corrected chi connectivity index (χ1v) is 9.80. The van der Waals surface area contributed by atoms with Gasteiger partial charge >= 0.3 is 11.9 Å². The quantitative estimate of drug-likeness (QED) is 0.256. The van der Waals surface area contributed by atoms with Crippen LogP contribution in [0.1, 0.15) is 104 Å². The number of unbranched alkanes of at least 4 members (excludes halogenated alkanes) is 12. The Morgan fingerprint density at radius 2 is 0.885 bits per heavy atom. The molecule has 150 valence electrons. The van der Waals surface area contributed by atoms with Gasteiger partial charge in [-0.15, -0.1) is 24.7 Å². The first-order valence-electron chi connectivity index (χ1n) is 9.80. The summed E-state index contributed by atoms with van der Waals surface area (Å²) in [5.74, 6) is 1.67. The highest BCUT2D eigenvalue weighted by Gasteiger charge is 2.04. The molecular weight excluding hydrogens is 328 g/mol.